The van der Waals surface area contributed by atoms with E-state index >= 15 is 0 Å². The molecule has 0 radical (unpaired) electrons. The van der Waals surface area contributed by atoms with Crippen LogP contribution in [0.3, 0.4) is 0 Å². The summed E-state index contributed by atoms with van der Waals surface area (Å²) in [7, 11) is 1.87. The zero-order valence-corrected chi connectivity index (χ0v) is 14.7. The quantitative estimate of drug-likeness (QED) is 0.800. The van der Waals surface area contributed by atoms with Gasteiger partial charge in [0.15, 0.2) is 5.69 Å². The van der Waals surface area contributed by atoms with E-state index in [1.54, 1.807) is 4.68 Å². The molecule has 6 heteroatoms. The monoisotopic (exact) mass is 335 g/mol. The van der Waals surface area contributed by atoms with Gasteiger partial charge in [0.25, 0.3) is 5.91 Å². The van der Waals surface area contributed by atoms with Gasteiger partial charge < -0.3 is 5.32 Å². The molecule has 0 aliphatic heterocycles. The van der Waals surface area contributed by atoms with Gasteiger partial charge in [0.1, 0.15) is 0 Å². The molecule has 1 aromatic carbocycles. The molecule has 1 aliphatic rings. The van der Waals surface area contributed by atoms with E-state index in [0.29, 0.717) is 5.69 Å². The number of hydrogen-bond acceptors (Lipinski definition) is 3. The number of aromatic nitrogens is 4. The number of nitrogens with one attached hydrogen (secondary N) is 1. The van der Waals surface area contributed by atoms with Gasteiger partial charge in [0, 0.05) is 18.3 Å². The zero-order valence-electron chi connectivity index (χ0n) is 14.7. The summed E-state index contributed by atoms with van der Waals surface area (Å²) in [5, 5.41) is 12.0. The van der Waals surface area contributed by atoms with Crippen molar-refractivity contribution in [2.45, 2.75) is 33.1 Å². The molecule has 1 aliphatic carbocycles. The minimum atomic E-state index is -0.160. The first-order valence-corrected chi connectivity index (χ1v) is 8.54. The summed E-state index contributed by atoms with van der Waals surface area (Å²) in [6, 6.07) is 9.99. The number of benzene rings is 1. The number of nitrogens with zero attached hydrogens (tertiary/aromatic N) is 4. The van der Waals surface area contributed by atoms with Crippen molar-refractivity contribution in [3.8, 4) is 5.69 Å². The van der Waals surface area contributed by atoms with Gasteiger partial charge in [0.2, 0.25) is 0 Å². The predicted molar refractivity (Wildman–Crippen MR) is 96.2 cm³/mol. The van der Waals surface area contributed by atoms with Crippen LogP contribution in [0.15, 0.2) is 30.3 Å². The Kier molecular flexibility index (Phi) is 3.67. The van der Waals surface area contributed by atoms with E-state index in [0.717, 1.165) is 53.3 Å². The van der Waals surface area contributed by atoms with Crippen LogP contribution in [0.1, 0.15) is 39.6 Å². The SMILES string of the molecule is Cc1nn(C)c(C)c1NC(=O)c1nn(-c2ccccc2)c2c1CCC2. The van der Waals surface area contributed by atoms with Gasteiger partial charge in [-0.05, 0) is 45.2 Å². The highest BCUT2D eigenvalue weighted by molar-refractivity contribution is 6.04. The lowest BCUT2D eigenvalue weighted by Gasteiger charge is -2.05. The molecule has 0 fully saturated rings. The Bertz CT molecular complexity index is 952. The number of amides is 1. The maximum Gasteiger partial charge on any atom is 0.276 e. The van der Waals surface area contributed by atoms with E-state index in [2.05, 4.69) is 15.5 Å². The second-order valence-electron chi connectivity index (χ2n) is 6.50. The fraction of sp³-hybridized carbons (Fsp3) is 0.316. The van der Waals surface area contributed by atoms with E-state index in [4.69, 9.17) is 0 Å². The fourth-order valence-electron chi connectivity index (χ4n) is 3.53. The molecule has 0 saturated carbocycles. The normalized spacial score (nSPS) is 13.1. The molecule has 25 heavy (non-hydrogen) atoms. The fourth-order valence-corrected chi connectivity index (χ4v) is 3.53. The van der Waals surface area contributed by atoms with Gasteiger partial charge in [-0.15, -0.1) is 0 Å². The Morgan fingerprint density at radius 3 is 2.56 bits per heavy atom. The highest BCUT2D eigenvalue weighted by Crippen LogP contribution is 2.29. The smallest absolute Gasteiger partial charge is 0.276 e. The molecule has 0 unspecified atom stereocenters. The standard InChI is InChI=1S/C19H21N5O/c1-12-17(13(2)23(3)21-12)20-19(25)18-15-10-7-11-16(15)24(22-18)14-8-5-4-6-9-14/h4-6,8-9H,7,10-11H2,1-3H3,(H,20,25). The van der Waals surface area contributed by atoms with Crippen molar-refractivity contribution in [3.05, 3.63) is 58.7 Å². The van der Waals surface area contributed by atoms with Gasteiger partial charge in [-0.3, -0.25) is 9.48 Å². The van der Waals surface area contributed by atoms with Crippen LogP contribution in [0.2, 0.25) is 0 Å². The van der Waals surface area contributed by atoms with Crippen LogP contribution in [0.4, 0.5) is 5.69 Å². The van der Waals surface area contributed by atoms with E-state index < -0.39 is 0 Å². The summed E-state index contributed by atoms with van der Waals surface area (Å²) in [6.07, 6.45) is 2.91. The molecular weight excluding hydrogens is 314 g/mol. The molecule has 0 bridgehead atoms. The largest absolute Gasteiger partial charge is 0.317 e. The van der Waals surface area contributed by atoms with Crippen LogP contribution < -0.4 is 5.32 Å². The summed E-state index contributed by atoms with van der Waals surface area (Å²) < 4.78 is 3.69. The molecular formula is C19H21N5O. The Morgan fingerprint density at radius 1 is 1.12 bits per heavy atom. The Labute approximate surface area is 146 Å². The van der Waals surface area contributed by atoms with Crippen LogP contribution in [0.5, 0.6) is 0 Å². The number of aryl methyl sites for hydroxylation is 2. The topological polar surface area (TPSA) is 64.7 Å². The number of anilines is 1. The van der Waals surface area contributed by atoms with Crippen molar-refractivity contribution < 1.29 is 4.79 Å². The van der Waals surface area contributed by atoms with Crippen LogP contribution >= 0.6 is 0 Å². The van der Waals surface area contributed by atoms with Crippen molar-refractivity contribution in [3.63, 3.8) is 0 Å². The molecule has 0 saturated heterocycles. The summed E-state index contributed by atoms with van der Waals surface area (Å²) in [5.74, 6) is -0.160. The third-order valence-corrected chi connectivity index (χ3v) is 4.89. The number of carbonyl (C=O) groups is 1. The lowest BCUT2D eigenvalue weighted by molar-refractivity contribution is 0.102. The summed E-state index contributed by atoms with van der Waals surface area (Å²) >= 11 is 0. The highest BCUT2D eigenvalue weighted by Gasteiger charge is 2.27. The number of fused-ring (bicyclic) bond motifs is 1. The number of rotatable bonds is 3. The third-order valence-electron chi connectivity index (χ3n) is 4.89. The van der Waals surface area contributed by atoms with E-state index in [9.17, 15) is 4.79 Å². The van der Waals surface area contributed by atoms with Crippen molar-refractivity contribution in [1.29, 1.82) is 0 Å². The van der Waals surface area contributed by atoms with Crippen LogP contribution in [-0.2, 0) is 19.9 Å². The maximum absolute atomic E-state index is 12.9. The molecule has 6 nitrogen and oxygen atoms in total. The minimum absolute atomic E-state index is 0.160. The molecule has 2 aromatic heterocycles. The number of para-hydroxylation sites is 1. The second kappa shape index (κ2) is 5.88. The Morgan fingerprint density at radius 2 is 1.88 bits per heavy atom. The lowest BCUT2D eigenvalue weighted by Crippen LogP contribution is -2.16. The highest BCUT2D eigenvalue weighted by atomic mass is 16.2. The van der Waals surface area contributed by atoms with E-state index in [1.807, 2.05) is 55.9 Å². The molecule has 1 N–H and O–H groups in total. The number of hydrogen-bond donors (Lipinski definition) is 1. The number of carbonyl (C=O) groups excluding carboxylic acids is 1. The van der Waals surface area contributed by atoms with Crippen molar-refractivity contribution in [1.82, 2.24) is 19.6 Å². The molecule has 4 rings (SSSR count). The van der Waals surface area contributed by atoms with Crippen molar-refractivity contribution in [2.75, 3.05) is 5.32 Å². The molecule has 0 atom stereocenters. The first-order valence-electron chi connectivity index (χ1n) is 8.54. The Balaban J connectivity index is 1.72. The summed E-state index contributed by atoms with van der Waals surface area (Å²) in [6.45, 7) is 3.85. The molecule has 1 amide bonds. The first-order chi connectivity index (χ1) is 12.1. The Hall–Kier alpha value is -2.89. The molecule has 3 aromatic rings. The van der Waals surface area contributed by atoms with Gasteiger partial charge in [-0.25, -0.2) is 4.68 Å². The molecule has 2 heterocycles. The summed E-state index contributed by atoms with van der Waals surface area (Å²) in [4.78, 5) is 12.9. The van der Waals surface area contributed by atoms with Crippen molar-refractivity contribution in [2.24, 2.45) is 7.05 Å². The summed E-state index contributed by atoms with van der Waals surface area (Å²) in [5.41, 5.74) is 6.26. The molecule has 128 valence electrons. The zero-order chi connectivity index (χ0) is 17.6. The van der Waals surface area contributed by atoms with Gasteiger partial charge >= 0.3 is 0 Å². The first kappa shape index (κ1) is 15.6. The van der Waals surface area contributed by atoms with Crippen LogP contribution in [0.25, 0.3) is 5.69 Å². The van der Waals surface area contributed by atoms with Gasteiger partial charge in [0.05, 0.1) is 22.8 Å². The second-order valence-corrected chi connectivity index (χ2v) is 6.50. The van der Waals surface area contributed by atoms with Crippen molar-refractivity contribution >= 4 is 11.6 Å². The molecule has 0 spiro atoms. The third kappa shape index (κ3) is 2.54. The van der Waals surface area contributed by atoms with Crippen LogP contribution in [0, 0.1) is 13.8 Å². The lowest BCUT2D eigenvalue weighted by atomic mass is 10.2. The average molecular weight is 335 g/mol. The van der Waals surface area contributed by atoms with Crippen LogP contribution in [-0.4, -0.2) is 25.5 Å². The average Bonchev–Trinajstić information content (AvgIpc) is 3.27. The predicted octanol–water partition coefficient (Wildman–Crippen LogP) is 2.96. The minimum Gasteiger partial charge on any atom is -0.317 e. The van der Waals surface area contributed by atoms with E-state index in [1.165, 1.54) is 0 Å². The van der Waals surface area contributed by atoms with E-state index in [-0.39, 0.29) is 5.91 Å². The van der Waals surface area contributed by atoms with Gasteiger partial charge in [-0.1, -0.05) is 18.2 Å². The maximum atomic E-state index is 12.9. The van der Waals surface area contributed by atoms with Gasteiger partial charge in [-0.2, -0.15) is 10.2 Å².